The van der Waals surface area contributed by atoms with E-state index < -0.39 is 12.2 Å². The highest BCUT2D eigenvalue weighted by Crippen LogP contribution is 2.40. The third kappa shape index (κ3) is 2.93. The maximum atomic E-state index is 13.4. The van der Waals surface area contributed by atoms with Crippen molar-refractivity contribution in [1.29, 1.82) is 0 Å². The van der Waals surface area contributed by atoms with Crippen LogP contribution >= 0.6 is 0 Å². The molecule has 0 radical (unpaired) electrons. The molecule has 2 aromatic rings. The lowest BCUT2D eigenvalue weighted by Gasteiger charge is -2.31. The number of hydrogen-bond donors (Lipinski definition) is 2. The zero-order valence-corrected chi connectivity index (χ0v) is 14.1. The second-order valence-corrected chi connectivity index (χ2v) is 6.94. The van der Waals surface area contributed by atoms with E-state index >= 15 is 0 Å². The first-order chi connectivity index (χ1) is 12.3. The number of likely N-dealkylation sites (tertiary alicyclic amines) is 1. The second-order valence-electron chi connectivity index (χ2n) is 6.94. The van der Waals surface area contributed by atoms with Crippen LogP contribution in [-0.4, -0.2) is 56.1 Å². The third-order valence-corrected chi connectivity index (χ3v) is 5.02. The molecule has 3 atom stereocenters. The summed E-state index contributed by atoms with van der Waals surface area (Å²) >= 11 is 0. The molecular weight excluding hydrogens is 349 g/mol. The van der Waals surface area contributed by atoms with Gasteiger partial charge >= 0.3 is 6.18 Å². The molecule has 1 saturated heterocycles. The standard InChI is InChI=1S/C16H19F3N6O/c1-9-6-13(16(17,18)19)25-14(21-9)7-12(23-25)10-3-5-24(8-10)15(26)11-2-4-20-22-11/h2,4,7,9-10,13,21H,3,5-6,8H2,1H3,(H,20,22)/t9-,10?,13-/m1/s1. The quantitative estimate of drug-likeness (QED) is 0.854. The van der Waals surface area contributed by atoms with Gasteiger partial charge in [-0.15, -0.1) is 0 Å². The number of rotatable bonds is 2. The molecule has 4 heterocycles. The number of H-pyrrole nitrogens is 1. The van der Waals surface area contributed by atoms with Gasteiger partial charge in [0.2, 0.25) is 0 Å². The van der Waals surface area contributed by atoms with Gasteiger partial charge in [0.05, 0.1) is 5.69 Å². The number of hydrogen-bond acceptors (Lipinski definition) is 4. The van der Waals surface area contributed by atoms with Crippen molar-refractivity contribution in [1.82, 2.24) is 24.9 Å². The Hall–Kier alpha value is -2.52. The van der Waals surface area contributed by atoms with Crippen LogP contribution in [0.1, 0.15) is 47.9 Å². The Balaban J connectivity index is 1.54. The van der Waals surface area contributed by atoms with Crippen LogP contribution in [0.25, 0.3) is 0 Å². The summed E-state index contributed by atoms with van der Waals surface area (Å²) in [6, 6.07) is 1.39. The number of nitrogens with one attached hydrogen (secondary N) is 2. The molecule has 2 aromatic heterocycles. The van der Waals surface area contributed by atoms with Crippen molar-refractivity contribution < 1.29 is 18.0 Å². The van der Waals surface area contributed by atoms with Gasteiger partial charge in [0, 0.05) is 37.3 Å². The summed E-state index contributed by atoms with van der Waals surface area (Å²) in [6.07, 6.45) is -2.21. The molecule has 140 valence electrons. The molecule has 0 bridgehead atoms. The molecular formula is C16H19F3N6O. The number of aromatic nitrogens is 4. The van der Waals surface area contributed by atoms with Crippen molar-refractivity contribution in [2.45, 2.75) is 43.9 Å². The predicted octanol–water partition coefficient (Wildman–Crippen LogP) is 2.54. The largest absolute Gasteiger partial charge is 0.410 e. The van der Waals surface area contributed by atoms with Crippen molar-refractivity contribution >= 4 is 11.7 Å². The van der Waals surface area contributed by atoms with Crippen molar-refractivity contribution in [2.75, 3.05) is 18.4 Å². The molecule has 2 N–H and O–H groups in total. The fourth-order valence-corrected chi connectivity index (χ4v) is 3.71. The first-order valence-corrected chi connectivity index (χ1v) is 8.54. The van der Waals surface area contributed by atoms with Gasteiger partial charge in [0.25, 0.3) is 5.91 Å². The molecule has 10 heteroatoms. The molecule has 2 aliphatic rings. The normalized spacial score (nSPS) is 25.8. The molecule has 1 fully saturated rings. The molecule has 2 aliphatic heterocycles. The monoisotopic (exact) mass is 368 g/mol. The molecule has 0 saturated carbocycles. The fourth-order valence-electron chi connectivity index (χ4n) is 3.71. The Morgan fingerprint density at radius 2 is 2.19 bits per heavy atom. The lowest BCUT2D eigenvalue weighted by atomic mass is 10.0. The number of fused-ring (bicyclic) bond motifs is 1. The van der Waals surface area contributed by atoms with Gasteiger partial charge in [-0.2, -0.15) is 23.4 Å². The van der Waals surface area contributed by atoms with Crippen molar-refractivity contribution in [3.63, 3.8) is 0 Å². The molecule has 7 nitrogen and oxygen atoms in total. The van der Waals surface area contributed by atoms with Crippen molar-refractivity contribution in [3.05, 3.63) is 29.7 Å². The molecule has 0 aromatic carbocycles. The van der Waals surface area contributed by atoms with Gasteiger partial charge in [0.15, 0.2) is 6.04 Å². The molecule has 0 spiro atoms. The van der Waals surface area contributed by atoms with Gasteiger partial charge in [-0.1, -0.05) is 0 Å². The van der Waals surface area contributed by atoms with Gasteiger partial charge in [-0.3, -0.25) is 9.89 Å². The topological polar surface area (TPSA) is 78.8 Å². The van der Waals surface area contributed by atoms with Crippen molar-refractivity contribution in [3.8, 4) is 0 Å². The van der Waals surface area contributed by atoms with E-state index in [0.717, 1.165) is 4.68 Å². The SMILES string of the molecule is C[C@@H]1C[C@H](C(F)(F)F)n2nc(C3CCN(C(=O)c4ccn[nH]4)C3)cc2N1. The minimum Gasteiger partial charge on any atom is -0.368 e. The Morgan fingerprint density at radius 1 is 1.38 bits per heavy atom. The fraction of sp³-hybridized carbons (Fsp3) is 0.562. The summed E-state index contributed by atoms with van der Waals surface area (Å²) in [4.78, 5) is 14.0. The smallest absolute Gasteiger partial charge is 0.368 e. The summed E-state index contributed by atoms with van der Waals surface area (Å²) in [5.41, 5.74) is 0.998. The molecule has 1 unspecified atom stereocenters. The van der Waals surface area contributed by atoms with Crippen LogP contribution in [0, 0.1) is 0 Å². The Bertz CT molecular complexity index is 800. The van der Waals surface area contributed by atoms with E-state index in [1.54, 1.807) is 24.0 Å². The van der Waals surface area contributed by atoms with Crippen LogP contribution < -0.4 is 5.32 Å². The predicted molar refractivity (Wildman–Crippen MR) is 86.9 cm³/mol. The summed E-state index contributed by atoms with van der Waals surface area (Å²) in [5, 5.41) is 13.7. The highest BCUT2D eigenvalue weighted by molar-refractivity contribution is 5.92. The van der Waals surface area contributed by atoms with E-state index in [1.807, 2.05) is 0 Å². The van der Waals surface area contributed by atoms with Gasteiger partial charge < -0.3 is 10.2 Å². The number of carbonyl (C=O) groups excluding carboxylic acids is 1. The zero-order chi connectivity index (χ0) is 18.5. The summed E-state index contributed by atoms with van der Waals surface area (Å²) in [6.45, 7) is 2.70. The number of nitrogens with zero attached hydrogens (tertiary/aromatic N) is 4. The van der Waals surface area contributed by atoms with Gasteiger partial charge in [0.1, 0.15) is 11.5 Å². The van der Waals surface area contributed by atoms with Crippen LogP contribution in [0.15, 0.2) is 18.3 Å². The van der Waals surface area contributed by atoms with E-state index in [0.29, 0.717) is 36.7 Å². The van der Waals surface area contributed by atoms with Crippen molar-refractivity contribution in [2.24, 2.45) is 0 Å². The van der Waals surface area contributed by atoms with Crippen LogP contribution in [0.2, 0.25) is 0 Å². The summed E-state index contributed by atoms with van der Waals surface area (Å²) < 4.78 is 41.1. The second kappa shape index (κ2) is 6.03. The third-order valence-electron chi connectivity index (χ3n) is 5.02. The molecule has 0 aliphatic carbocycles. The summed E-state index contributed by atoms with van der Waals surface area (Å²) in [7, 11) is 0. The lowest BCUT2D eigenvalue weighted by Crippen LogP contribution is -2.37. The van der Waals surface area contributed by atoms with Crippen LogP contribution in [0.3, 0.4) is 0 Å². The highest BCUT2D eigenvalue weighted by atomic mass is 19.4. The zero-order valence-electron chi connectivity index (χ0n) is 14.1. The van der Waals surface area contributed by atoms with E-state index in [-0.39, 0.29) is 24.3 Å². The maximum Gasteiger partial charge on any atom is 0.410 e. The van der Waals surface area contributed by atoms with E-state index in [4.69, 9.17) is 0 Å². The number of amides is 1. The van der Waals surface area contributed by atoms with E-state index in [2.05, 4.69) is 20.6 Å². The number of aromatic amines is 1. The minimum absolute atomic E-state index is 0.0489. The Morgan fingerprint density at radius 3 is 2.88 bits per heavy atom. The lowest BCUT2D eigenvalue weighted by molar-refractivity contribution is -0.173. The first kappa shape index (κ1) is 16.9. The number of anilines is 1. The first-order valence-electron chi connectivity index (χ1n) is 8.54. The van der Waals surface area contributed by atoms with Crippen LogP contribution in [-0.2, 0) is 0 Å². The maximum absolute atomic E-state index is 13.4. The number of alkyl halides is 3. The number of halogens is 3. The molecule has 1 amide bonds. The summed E-state index contributed by atoms with van der Waals surface area (Å²) in [5.74, 6) is 0.152. The average Bonchev–Trinajstić information content (AvgIpc) is 3.31. The molecule has 4 rings (SSSR count). The average molecular weight is 368 g/mol. The Labute approximate surface area is 147 Å². The van der Waals surface area contributed by atoms with Crippen LogP contribution in [0.4, 0.5) is 19.0 Å². The Kier molecular flexibility index (Phi) is 3.92. The molecule has 26 heavy (non-hydrogen) atoms. The minimum atomic E-state index is -4.34. The van der Waals surface area contributed by atoms with E-state index in [9.17, 15) is 18.0 Å². The van der Waals surface area contributed by atoms with Gasteiger partial charge in [-0.05, 0) is 25.8 Å². The highest BCUT2D eigenvalue weighted by Gasteiger charge is 2.46. The van der Waals surface area contributed by atoms with E-state index in [1.165, 1.54) is 6.20 Å². The van der Waals surface area contributed by atoms with Crippen LogP contribution in [0.5, 0.6) is 0 Å². The number of carbonyl (C=O) groups is 1. The van der Waals surface area contributed by atoms with Gasteiger partial charge in [-0.25, -0.2) is 4.68 Å².